The van der Waals surface area contributed by atoms with Crippen LogP contribution in [0.4, 0.5) is 18.0 Å². The van der Waals surface area contributed by atoms with Crippen LogP contribution in [0, 0.1) is 17.5 Å². The minimum Gasteiger partial charge on any atom is -0.352 e. The zero-order valence-corrected chi connectivity index (χ0v) is 6.98. The van der Waals surface area contributed by atoms with E-state index < -0.39 is 23.5 Å². The monoisotopic (exact) mass is 204 g/mol. The number of nitrogens with two attached hydrogens (primary N) is 1. The van der Waals surface area contributed by atoms with Crippen LogP contribution in [0.15, 0.2) is 12.1 Å². The van der Waals surface area contributed by atoms with Crippen LogP contribution in [0.1, 0.15) is 5.56 Å². The molecule has 14 heavy (non-hydrogen) atoms. The van der Waals surface area contributed by atoms with E-state index in [1.165, 1.54) is 0 Å². The summed E-state index contributed by atoms with van der Waals surface area (Å²) < 4.78 is 37.7. The van der Waals surface area contributed by atoms with E-state index in [-0.39, 0.29) is 12.1 Å². The van der Waals surface area contributed by atoms with Crippen LogP contribution in [0.25, 0.3) is 0 Å². The quantitative estimate of drug-likeness (QED) is 0.700. The minimum absolute atomic E-state index is 0.0974. The molecule has 3 nitrogen and oxygen atoms in total. The summed E-state index contributed by atoms with van der Waals surface area (Å²) >= 11 is 0. The lowest BCUT2D eigenvalue weighted by Gasteiger charge is -2.03. The van der Waals surface area contributed by atoms with E-state index in [2.05, 4.69) is 5.32 Å². The Kier molecular flexibility index (Phi) is 2.95. The van der Waals surface area contributed by atoms with Crippen LogP contribution in [0.3, 0.4) is 0 Å². The number of nitrogens with one attached hydrogen (secondary N) is 1. The number of carbonyl (C=O) groups is 1. The highest BCUT2D eigenvalue weighted by Gasteiger charge is 2.10. The third kappa shape index (κ3) is 2.38. The summed E-state index contributed by atoms with van der Waals surface area (Å²) in [5, 5.41) is 2.12. The van der Waals surface area contributed by atoms with Gasteiger partial charge in [0.25, 0.3) is 0 Å². The number of urea groups is 1. The fourth-order valence-electron chi connectivity index (χ4n) is 0.899. The second kappa shape index (κ2) is 3.99. The molecule has 0 heterocycles. The topological polar surface area (TPSA) is 55.1 Å². The Hall–Kier alpha value is -1.72. The van der Waals surface area contributed by atoms with Crippen molar-refractivity contribution in [2.75, 3.05) is 0 Å². The average molecular weight is 204 g/mol. The molecular weight excluding hydrogens is 197 g/mol. The van der Waals surface area contributed by atoms with Crippen molar-refractivity contribution in [2.45, 2.75) is 6.54 Å². The second-order valence-electron chi connectivity index (χ2n) is 2.59. The summed E-state index contributed by atoms with van der Waals surface area (Å²) in [6.07, 6.45) is 0. The van der Waals surface area contributed by atoms with Crippen molar-refractivity contribution in [3.8, 4) is 0 Å². The number of hydrogen-bond acceptors (Lipinski definition) is 1. The molecule has 0 bridgehead atoms. The molecule has 1 aromatic carbocycles. The van der Waals surface area contributed by atoms with Crippen LogP contribution in [-0.2, 0) is 6.54 Å². The Balaban J connectivity index is 2.84. The van der Waals surface area contributed by atoms with Crippen molar-refractivity contribution >= 4 is 6.03 Å². The first-order chi connectivity index (χ1) is 6.50. The zero-order valence-electron chi connectivity index (χ0n) is 6.98. The van der Waals surface area contributed by atoms with E-state index in [9.17, 15) is 18.0 Å². The predicted octanol–water partition coefficient (Wildman–Crippen LogP) is 1.27. The van der Waals surface area contributed by atoms with E-state index in [0.717, 1.165) is 12.1 Å². The van der Waals surface area contributed by atoms with Gasteiger partial charge in [-0.05, 0) is 17.7 Å². The summed E-state index contributed by atoms with van der Waals surface area (Å²) in [7, 11) is 0. The van der Waals surface area contributed by atoms with Gasteiger partial charge in [0.15, 0.2) is 17.5 Å². The normalized spacial score (nSPS) is 9.93. The summed E-state index contributed by atoms with van der Waals surface area (Å²) in [6.45, 7) is -0.149. The molecule has 0 atom stereocenters. The first-order valence-electron chi connectivity index (χ1n) is 3.67. The molecule has 0 aliphatic carbocycles. The number of benzene rings is 1. The standard InChI is InChI=1S/C8H7F3N2O/c9-5-1-4(3-13-8(12)14)2-6(10)7(5)11/h1-2H,3H2,(H3,12,13,14). The molecule has 0 saturated carbocycles. The predicted molar refractivity (Wildman–Crippen MR) is 42.7 cm³/mol. The van der Waals surface area contributed by atoms with Crippen LogP contribution >= 0.6 is 0 Å². The van der Waals surface area contributed by atoms with Gasteiger partial charge in [-0.25, -0.2) is 18.0 Å². The third-order valence-corrected chi connectivity index (χ3v) is 1.51. The summed E-state index contributed by atoms with van der Waals surface area (Å²) in [5.41, 5.74) is 4.83. The molecule has 2 amide bonds. The molecule has 0 aliphatic heterocycles. The van der Waals surface area contributed by atoms with Crippen molar-refractivity contribution in [2.24, 2.45) is 5.73 Å². The maximum absolute atomic E-state index is 12.6. The van der Waals surface area contributed by atoms with E-state index in [1.807, 2.05) is 0 Å². The number of rotatable bonds is 2. The van der Waals surface area contributed by atoms with Crippen molar-refractivity contribution in [1.82, 2.24) is 5.32 Å². The lowest BCUT2D eigenvalue weighted by molar-refractivity contribution is 0.248. The van der Waals surface area contributed by atoms with Crippen LogP contribution in [-0.4, -0.2) is 6.03 Å². The molecule has 76 valence electrons. The maximum atomic E-state index is 12.6. The Morgan fingerprint density at radius 2 is 1.79 bits per heavy atom. The Morgan fingerprint density at radius 3 is 2.21 bits per heavy atom. The van der Waals surface area contributed by atoms with E-state index in [0.29, 0.717) is 0 Å². The van der Waals surface area contributed by atoms with Crippen molar-refractivity contribution in [3.05, 3.63) is 35.1 Å². The SMILES string of the molecule is NC(=O)NCc1cc(F)c(F)c(F)c1. The fraction of sp³-hybridized carbons (Fsp3) is 0.125. The first-order valence-corrected chi connectivity index (χ1v) is 3.67. The maximum Gasteiger partial charge on any atom is 0.312 e. The molecule has 0 unspecified atom stereocenters. The molecule has 0 radical (unpaired) electrons. The van der Waals surface area contributed by atoms with Gasteiger partial charge in [-0.1, -0.05) is 0 Å². The molecule has 6 heteroatoms. The van der Waals surface area contributed by atoms with E-state index in [1.54, 1.807) is 0 Å². The molecule has 0 spiro atoms. The highest BCUT2D eigenvalue weighted by molar-refractivity contribution is 5.71. The van der Waals surface area contributed by atoms with Gasteiger partial charge >= 0.3 is 6.03 Å². The number of carbonyl (C=O) groups excluding carboxylic acids is 1. The molecule has 0 aromatic heterocycles. The highest BCUT2D eigenvalue weighted by Crippen LogP contribution is 2.13. The molecule has 0 fully saturated rings. The van der Waals surface area contributed by atoms with Gasteiger partial charge in [0.2, 0.25) is 0 Å². The Labute approximate surface area is 77.7 Å². The zero-order chi connectivity index (χ0) is 10.7. The third-order valence-electron chi connectivity index (χ3n) is 1.51. The molecule has 0 aliphatic rings. The Bertz CT molecular complexity index is 345. The molecule has 0 saturated heterocycles. The van der Waals surface area contributed by atoms with Crippen molar-refractivity contribution in [1.29, 1.82) is 0 Å². The van der Waals surface area contributed by atoms with Gasteiger partial charge in [0.05, 0.1) is 0 Å². The van der Waals surface area contributed by atoms with Gasteiger partial charge in [0, 0.05) is 6.54 Å². The molecule has 1 aromatic rings. The highest BCUT2D eigenvalue weighted by atomic mass is 19.2. The summed E-state index contributed by atoms with van der Waals surface area (Å²) in [5.74, 6) is -4.13. The van der Waals surface area contributed by atoms with Gasteiger partial charge in [0.1, 0.15) is 0 Å². The van der Waals surface area contributed by atoms with Crippen molar-refractivity contribution in [3.63, 3.8) is 0 Å². The van der Waals surface area contributed by atoms with Gasteiger partial charge < -0.3 is 11.1 Å². The van der Waals surface area contributed by atoms with Crippen LogP contribution in [0.2, 0.25) is 0 Å². The molecule has 1 rings (SSSR count). The van der Waals surface area contributed by atoms with Crippen molar-refractivity contribution < 1.29 is 18.0 Å². The van der Waals surface area contributed by atoms with Crippen LogP contribution < -0.4 is 11.1 Å². The fourth-order valence-corrected chi connectivity index (χ4v) is 0.899. The number of primary amides is 1. The first kappa shape index (κ1) is 10.4. The van der Waals surface area contributed by atoms with Gasteiger partial charge in [-0.3, -0.25) is 0 Å². The number of amides is 2. The Morgan fingerprint density at radius 1 is 1.29 bits per heavy atom. The lowest BCUT2D eigenvalue weighted by atomic mass is 10.2. The summed E-state index contributed by atoms with van der Waals surface area (Å²) in [4.78, 5) is 10.3. The summed E-state index contributed by atoms with van der Waals surface area (Å²) in [6, 6.07) is 0.748. The average Bonchev–Trinajstić information content (AvgIpc) is 2.10. The number of hydrogen-bond donors (Lipinski definition) is 2. The number of halogens is 3. The molecule has 3 N–H and O–H groups in total. The molecular formula is C8H7F3N2O. The van der Waals surface area contributed by atoms with Gasteiger partial charge in [-0.15, -0.1) is 0 Å². The van der Waals surface area contributed by atoms with E-state index >= 15 is 0 Å². The van der Waals surface area contributed by atoms with Crippen LogP contribution in [0.5, 0.6) is 0 Å². The second-order valence-corrected chi connectivity index (χ2v) is 2.59. The minimum atomic E-state index is -1.53. The van der Waals surface area contributed by atoms with Gasteiger partial charge in [-0.2, -0.15) is 0 Å². The largest absolute Gasteiger partial charge is 0.352 e. The van der Waals surface area contributed by atoms with E-state index in [4.69, 9.17) is 5.73 Å². The lowest BCUT2D eigenvalue weighted by Crippen LogP contribution is -2.28. The smallest absolute Gasteiger partial charge is 0.312 e.